The Balaban J connectivity index is 4.70. The molecule has 15 heavy (non-hydrogen) atoms. The number of carbonyl (C=O) groups is 2. The van der Waals surface area contributed by atoms with Crippen LogP contribution in [-0.2, 0) is 9.59 Å². The van der Waals surface area contributed by atoms with Gasteiger partial charge in [-0.25, -0.2) is 0 Å². The van der Waals surface area contributed by atoms with Crippen LogP contribution in [0.2, 0.25) is 0 Å². The quantitative estimate of drug-likeness (QED) is 0.681. The van der Waals surface area contributed by atoms with Gasteiger partial charge in [0.25, 0.3) is 0 Å². The van der Waals surface area contributed by atoms with Gasteiger partial charge < -0.3 is 5.73 Å². The Labute approximate surface area is 91.8 Å². The lowest BCUT2D eigenvalue weighted by atomic mass is 9.97. The molecule has 0 radical (unpaired) electrons. The zero-order valence-corrected chi connectivity index (χ0v) is 10.1. The van der Waals surface area contributed by atoms with Crippen LogP contribution in [0.5, 0.6) is 0 Å². The van der Waals surface area contributed by atoms with Crippen molar-refractivity contribution in [2.45, 2.75) is 40.2 Å². The molecule has 0 aliphatic rings. The number of ketones is 1. The number of amides is 1. The minimum absolute atomic E-state index is 0.0602. The van der Waals surface area contributed by atoms with Crippen LogP contribution in [-0.4, -0.2) is 35.7 Å². The first-order valence-corrected chi connectivity index (χ1v) is 5.50. The predicted octanol–water partition coefficient (Wildman–Crippen LogP) is 0.797. The first-order chi connectivity index (χ1) is 6.93. The Morgan fingerprint density at radius 3 is 1.93 bits per heavy atom. The Morgan fingerprint density at radius 1 is 1.20 bits per heavy atom. The van der Waals surface area contributed by atoms with Gasteiger partial charge in [0.1, 0.15) is 0 Å². The second-order valence-corrected chi connectivity index (χ2v) is 3.96. The highest BCUT2D eigenvalue weighted by Crippen LogP contribution is 2.10. The topological polar surface area (TPSA) is 63.4 Å². The molecule has 0 spiro atoms. The van der Waals surface area contributed by atoms with Gasteiger partial charge in [-0.3, -0.25) is 14.5 Å². The van der Waals surface area contributed by atoms with E-state index in [1.54, 1.807) is 0 Å². The molecule has 0 aromatic carbocycles. The number of carbonyl (C=O) groups excluding carboxylic acids is 2. The van der Waals surface area contributed by atoms with E-state index in [9.17, 15) is 9.59 Å². The molecular formula is C11H22N2O2. The van der Waals surface area contributed by atoms with Gasteiger partial charge in [-0.1, -0.05) is 27.7 Å². The Hall–Kier alpha value is -0.900. The molecule has 1 atom stereocenters. The van der Waals surface area contributed by atoms with Gasteiger partial charge in [0.05, 0.1) is 6.04 Å². The van der Waals surface area contributed by atoms with Crippen molar-refractivity contribution in [1.82, 2.24) is 4.90 Å². The van der Waals surface area contributed by atoms with Crippen molar-refractivity contribution in [2.24, 2.45) is 11.7 Å². The first kappa shape index (κ1) is 14.1. The molecule has 1 amide bonds. The molecule has 0 heterocycles. The van der Waals surface area contributed by atoms with E-state index in [4.69, 9.17) is 5.73 Å². The monoisotopic (exact) mass is 214 g/mol. The third-order valence-electron chi connectivity index (χ3n) is 2.55. The van der Waals surface area contributed by atoms with E-state index in [1.807, 2.05) is 32.6 Å². The lowest BCUT2D eigenvalue weighted by Gasteiger charge is -2.28. The van der Waals surface area contributed by atoms with E-state index < -0.39 is 5.91 Å². The molecular weight excluding hydrogens is 192 g/mol. The number of primary amides is 1. The molecule has 0 aliphatic heterocycles. The number of likely N-dealkylation sites (N-methyl/N-ethyl adjacent to an activating group) is 1. The summed E-state index contributed by atoms with van der Waals surface area (Å²) in [5, 5.41) is 0. The predicted molar refractivity (Wildman–Crippen MR) is 60.4 cm³/mol. The van der Waals surface area contributed by atoms with Crippen molar-refractivity contribution in [1.29, 1.82) is 0 Å². The highest BCUT2D eigenvalue weighted by Gasteiger charge is 2.27. The Morgan fingerprint density at radius 2 is 1.67 bits per heavy atom. The normalized spacial score (nSPS) is 13.2. The summed E-state index contributed by atoms with van der Waals surface area (Å²) in [5.41, 5.74) is 5.16. The van der Waals surface area contributed by atoms with E-state index in [1.165, 1.54) is 0 Å². The van der Waals surface area contributed by atoms with Crippen LogP contribution >= 0.6 is 0 Å². The molecule has 0 fully saturated rings. The third kappa shape index (κ3) is 4.42. The van der Waals surface area contributed by atoms with E-state index >= 15 is 0 Å². The molecule has 0 saturated carbocycles. The maximum absolute atomic E-state index is 11.9. The number of nitrogens with two attached hydrogens (primary N) is 1. The average molecular weight is 214 g/mol. The van der Waals surface area contributed by atoms with Crippen LogP contribution in [0.15, 0.2) is 0 Å². The smallest absolute Gasteiger partial charge is 0.219 e. The molecule has 0 aromatic heterocycles. The van der Waals surface area contributed by atoms with Crippen molar-refractivity contribution in [3.8, 4) is 0 Å². The average Bonchev–Trinajstić information content (AvgIpc) is 2.16. The summed E-state index contributed by atoms with van der Waals surface area (Å²) in [6, 6.07) is -0.350. The molecule has 0 aromatic rings. The number of Topliss-reactive ketones (excluding diaryl/α,β-unsaturated/α-hetero) is 1. The minimum atomic E-state index is -0.416. The molecule has 0 saturated heterocycles. The van der Waals surface area contributed by atoms with Gasteiger partial charge in [-0.05, 0) is 13.1 Å². The molecule has 0 bridgehead atoms. The summed E-state index contributed by atoms with van der Waals surface area (Å²) in [5.74, 6) is -0.381. The summed E-state index contributed by atoms with van der Waals surface area (Å²) >= 11 is 0. The second kappa shape index (κ2) is 6.56. The molecule has 4 heteroatoms. The van der Waals surface area contributed by atoms with Crippen molar-refractivity contribution in [2.75, 3.05) is 13.1 Å². The van der Waals surface area contributed by atoms with Crippen LogP contribution < -0.4 is 5.73 Å². The van der Waals surface area contributed by atoms with Gasteiger partial charge >= 0.3 is 0 Å². The highest BCUT2D eigenvalue weighted by atomic mass is 16.1. The number of nitrogens with zero attached hydrogens (tertiary/aromatic N) is 1. The van der Waals surface area contributed by atoms with Crippen LogP contribution in [0.4, 0.5) is 0 Å². The molecule has 4 nitrogen and oxygen atoms in total. The van der Waals surface area contributed by atoms with Crippen LogP contribution in [0.3, 0.4) is 0 Å². The maximum Gasteiger partial charge on any atom is 0.219 e. The first-order valence-electron chi connectivity index (χ1n) is 5.50. The fraction of sp³-hybridized carbons (Fsp3) is 0.818. The van der Waals surface area contributed by atoms with Gasteiger partial charge in [-0.2, -0.15) is 0 Å². The highest BCUT2D eigenvalue weighted by molar-refractivity contribution is 5.90. The fourth-order valence-electron chi connectivity index (χ4n) is 1.65. The van der Waals surface area contributed by atoms with Gasteiger partial charge in [-0.15, -0.1) is 0 Å². The summed E-state index contributed by atoms with van der Waals surface area (Å²) < 4.78 is 0. The lowest BCUT2D eigenvalue weighted by molar-refractivity contribution is -0.131. The summed E-state index contributed by atoms with van der Waals surface area (Å²) in [6.45, 7) is 9.16. The van der Waals surface area contributed by atoms with Gasteiger partial charge in [0.15, 0.2) is 5.78 Å². The maximum atomic E-state index is 11.9. The van der Waals surface area contributed by atoms with E-state index in [0.717, 1.165) is 13.1 Å². The number of hydrogen-bond acceptors (Lipinski definition) is 3. The molecule has 0 rings (SSSR count). The fourth-order valence-corrected chi connectivity index (χ4v) is 1.65. The van der Waals surface area contributed by atoms with E-state index in [-0.39, 0.29) is 24.2 Å². The molecule has 0 aliphatic carbocycles. The zero-order valence-electron chi connectivity index (χ0n) is 10.1. The summed E-state index contributed by atoms with van der Waals surface area (Å²) in [4.78, 5) is 24.8. The third-order valence-corrected chi connectivity index (χ3v) is 2.55. The van der Waals surface area contributed by atoms with Gasteiger partial charge in [0, 0.05) is 12.3 Å². The van der Waals surface area contributed by atoms with Gasteiger partial charge in [0.2, 0.25) is 5.91 Å². The van der Waals surface area contributed by atoms with Crippen molar-refractivity contribution in [3.05, 3.63) is 0 Å². The lowest BCUT2D eigenvalue weighted by Crippen LogP contribution is -2.45. The van der Waals surface area contributed by atoms with Crippen LogP contribution in [0.1, 0.15) is 34.1 Å². The zero-order chi connectivity index (χ0) is 12.0. The molecule has 88 valence electrons. The largest absolute Gasteiger partial charge is 0.370 e. The molecule has 2 N–H and O–H groups in total. The van der Waals surface area contributed by atoms with Crippen molar-refractivity contribution in [3.63, 3.8) is 0 Å². The van der Waals surface area contributed by atoms with E-state index in [2.05, 4.69) is 0 Å². The van der Waals surface area contributed by atoms with Crippen LogP contribution in [0, 0.1) is 5.92 Å². The SMILES string of the molecule is CCN(CC)C(CC(N)=O)C(=O)C(C)C. The molecule has 1 unspecified atom stereocenters. The standard InChI is InChI=1S/C11H22N2O2/c1-5-13(6-2)9(7-10(12)14)11(15)8(3)4/h8-9H,5-7H2,1-4H3,(H2,12,14). The summed E-state index contributed by atoms with van der Waals surface area (Å²) in [7, 11) is 0. The second-order valence-electron chi connectivity index (χ2n) is 3.96. The number of hydrogen-bond donors (Lipinski definition) is 1. The van der Waals surface area contributed by atoms with Crippen molar-refractivity contribution >= 4 is 11.7 Å². The Bertz CT molecular complexity index is 223. The van der Waals surface area contributed by atoms with E-state index in [0.29, 0.717) is 0 Å². The summed E-state index contributed by atoms with van der Waals surface area (Å²) in [6.07, 6.45) is 0.124. The van der Waals surface area contributed by atoms with Crippen molar-refractivity contribution < 1.29 is 9.59 Å². The Kier molecular flexibility index (Phi) is 6.17. The van der Waals surface area contributed by atoms with Crippen LogP contribution in [0.25, 0.3) is 0 Å². The number of rotatable bonds is 7. The minimum Gasteiger partial charge on any atom is -0.370 e.